The highest BCUT2D eigenvalue weighted by atomic mass is 16.5. The van der Waals surface area contributed by atoms with Crippen molar-refractivity contribution in [1.29, 1.82) is 0 Å². The molecule has 0 radical (unpaired) electrons. The van der Waals surface area contributed by atoms with E-state index in [-0.39, 0.29) is 23.4 Å². The number of esters is 2. The van der Waals surface area contributed by atoms with Crippen LogP contribution < -0.4 is 10.6 Å². The number of anilines is 1. The Hall–Kier alpha value is -3.88. The lowest BCUT2D eigenvalue weighted by Gasteiger charge is -2.10. The topological polar surface area (TPSA) is 120 Å². The summed E-state index contributed by atoms with van der Waals surface area (Å²) in [5.41, 5.74) is 2.68. The number of nitrogens with zero attached hydrogens (tertiary/aromatic N) is 1. The monoisotopic (exact) mass is 397 g/mol. The average Bonchev–Trinajstić information content (AvgIpc) is 3.12. The molecule has 0 saturated carbocycles. The van der Waals surface area contributed by atoms with Crippen molar-refractivity contribution < 1.29 is 28.4 Å². The maximum Gasteiger partial charge on any atom is 0.337 e. The lowest BCUT2D eigenvalue weighted by Crippen LogP contribution is -2.28. The van der Waals surface area contributed by atoms with Crippen LogP contribution in [0.3, 0.4) is 0 Å². The van der Waals surface area contributed by atoms with Crippen LogP contribution in [0, 0.1) is 6.92 Å². The smallest absolute Gasteiger partial charge is 0.337 e. The molecule has 29 heavy (non-hydrogen) atoms. The molecular weight excluding hydrogens is 378 g/mol. The fourth-order valence-corrected chi connectivity index (χ4v) is 2.74. The molecule has 0 aliphatic carbocycles. The van der Waals surface area contributed by atoms with Gasteiger partial charge in [0.15, 0.2) is 5.58 Å². The predicted octanol–water partition coefficient (Wildman–Crippen LogP) is 3.03. The molecule has 3 aromatic rings. The summed E-state index contributed by atoms with van der Waals surface area (Å²) >= 11 is 0. The lowest BCUT2D eigenvalue weighted by atomic mass is 10.1. The van der Waals surface area contributed by atoms with Gasteiger partial charge in [-0.25, -0.2) is 14.4 Å². The number of fused-ring (bicyclic) bond motifs is 1. The van der Waals surface area contributed by atoms with Crippen LogP contribution in [0.1, 0.15) is 32.0 Å². The van der Waals surface area contributed by atoms with Crippen molar-refractivity contribution in [1.82, 2.24) is 10.5 Å². The molecule has 1 aromatic heterocycles. The zero-order valence-electron chi connectivity index (χ0n) is 16.1. The minimum absolute atomic E-state index is 0.101. The van der Waals surface area contributed by atoms with Crippen LogP contribution in [0.25, 0.3) is 11.0 Å². The number of aromatic nitrogens is 1. The van der Waals surface area contributed by atoms with Crippen LogP contribution in [0.15, 0.2) is 40.9 Å². The maximum atomic E-state index is 12.3. The number of carbonyl (C=O) groups is 3. The highest BCUT2D eigenvalue weighted by Crippen LogP contribution is 2.20. The van der Waals surface area contributed by atoms with Crippen molar-refractivity contribution in [2.75, 3.05) is 19.5 Å². The van der Waals surface area contributed by atoms with E-state index in [1.165, 1.54) is 32.4 Å². The Labute approximate surface area is 166 Å². The first-order chi connectivity index (χ1) is 13.9. The second-order valence-electron chi connectivity index (χ2n) is 6.22. The van der Waals surface area contributed by atoms with Gasteiger partial charge in [-0.15, -0.1) is 0 Å². The number of hydrogen-bond donors (Lipinski definition) is 2. The molecule has 0 aliphatic heterocycles. The van der Waals surface area contributed by atoms with Crippen molar-refractivity contribution in [3.63, 3.8) is 0 Å². The predicted molar refractivity (Wildman–Crippen MR) is 104 cm³/mol. The highest BCUT2D eigenvalue weighted by molar-refractivity contribution is 5.99. The molecule has 0 saturated heterocycles. The first-order valence-corrected chi connectivity index (χ1v) is 8.62. The number of ether oxygens (including phenoxy) is 2. The number of amides is 2. The van der Waals surface area contributed by atoms with Gasteiger partial charge in [0.05, 0.1) is 31.9 Å². The molecule has 0 fully saturated rings. The van der Waals surface area contributed by atoms with Crippen LogP contribution in [-0.4, -0.2) is 37.3 Å². The van der Waals surface area contributed by atoms with Crippen LogP contribution in [0.5, 0.6) is 0 Å². The average molecular weight is 397 g/mol. The van der Waals surface area contributed by atoms with E-state index >= 15 is 0 Å². The van der Waals surface area contributed by atoms with E-state index in [1.807, 2.05) is 25.1 Å². The molecule has 9 heteroatoms. The number of hydrogen-bond acceptors (Lipinski definition) is 7. The SMILES string of the molecule is COC(=O)c1cc(NC(=O)NCc2noc3ccc(C)cc23)cc(C(=O)OC)c1. The normalized spacial score (nSPS) is 10.4. The third-order valence-electron chi connectivity index (χ3n) is 4.15. The van der Waals surface area contributed by atoms with E-state index in [2.05, 4.69) is 25.3 Å². The van der Waals surface area contributed by atoms with E-state index in [4.69, 9.17) is 4.52 Å². The van der Waals surface area contributed by atoms with E-state index in [9.17, 15) is 14.4 Å². The Morgan fingerprint density at radius 1 is 1.00 bits per heavy atom. The van der Waals surface area contributed by atoms with Crippen molar-refractivity contribution in [3.8, 4) is 0 Å². The number of methoxy groups -OCH3 is 2. The Kier molecular flexibility index (Phi) is 5.77. The lowest BCUT2D eigenvalue weighted by molar-refractivity contribution is 0.0599. The second kappa shape index (κ2) is 8.42. The van der Waals surface area contributed by atoms with Gasteiger partial charge in [0.25, 0.3) is 0 Å². The minimum atomic E-state index is -0.649. The molecular formula is C20H19N3O6. The Morgan fingerprint density at radius 3 is 2.28 bits per heavy atom. The van der Waals surface area contributed by atoms with Gasteiger partial charge < -0.3 is 24.6 Å². The Morgan fingerprint density at radius 2 is 1.66 bits per heavy atom. The number of urea groups is 1. The zero-order chi connectivity index (χ0) is 21.0. The van der Waals surface area contributed by atoms with Gasteiger partial charge in [-0.05, 0) is 37.3 Å². The molecule has 3 rings (SSSR count). The van der Waals surface area contributed by atoms with E-state index in [0.717, 1.165) is 10.9 Å². The fraction of sp³-hybridized carbons (Fsp3) is 0.200. The minimum Gasteiger partial charge on any atom is -0.465 e. The summed E-state index contributed by atoms with van der Waals surface area (Å²) in [6.07, 6.45) is 0. The third-order valence-corrected chi connectivity index (χ3v) is 4.15. The summed E-state index contributed by atoms with van der Waals surface area (Å²) in [7, 11) is 2.44. The molecule has 1 heterocycles. The van der Waals surface area contributed by atoms with Gasteiger partial charge in [0, 0.05) is 11.1 Å². The first-order valence-electron chi connectivity index (χ1n) is 8.62. The van der Waals surface area contributed by atoms with Crippen LogP contribution in [-0.2, 0) is 16.0 Å². The molecule has 0 bridgehead atoms. The summed E-state index contributed by atoms with van der Waals surface area (Å²) in [5, 5.41) is 10.0. The van der Waals surface area contributed by atoms with Gasteiger partial charge in [0.1, 0.15) is 5.69 Å². The van der Waals surface area contributed by atoms with Crippen molar-refractivity contribution in [2.24, 2.45) is 0 Å². The number of nitrogens with one attached hydrogen (secondary N) is 2. The molecule has 0 aliphatic rings. The van der Waals surface area contributed by atoms with Crippen LogP contribution >= 0.6 is 0 Å². The molecule has 0 unspecified atom stereocenters. The Balaban J connectivity index is 1.74. The van der Waals surface area contributed by atoms with E-state index < -0.39 is 18.0 Å². The summed E-state index contributed by atoms with van der Waals surface area (Å²) in [5.74, 6) is -1.30. The highest BCUT2D eigenvalue weighted by Gasteiger charge is 2.15. The quantitative estimate of drug-likeness (QED) is 0.635. The van der Waals surface area contributed by atoms with Crippen molar-refractivity contribution in [3.05, 3.63) is 58.8 Å². The van der Waals surface area contributed by atoms with Gasteiger partial charge in [-0.2, -0.15) is 0 Å². The largest absolute Gasteiger partial charge is 0.465 e. The van der Waals surface area contributed by atoms with Gasteiger partial charge >= 0.3 is 18.0 Å². The maximum absolute atomic E-state index is 12.3. The van der Waals surface area contributed by atoms with Gasteiger partial charge in [0.2, 0.25) is 0 Å². The summed E-state index contributed by atoms with van der Waals surface area (Å²) < 4.78 is 14.6. The molecule has 0 atom stereocenters. The number of rotatable bonds is 5. The Bertz CT molecular complexity index is 1050. The molecule has 2 N–H and O–H groups in total. The molecule has 2 aromatic carbocycles. The molecule has 9 nitrogen and oxygen atoms in total. The number of benzene rings is 2. The number of carbonyl (C=O) groups excluding carboxylic acids is 3. The number of aryl methyl sites for hydroxylation is 1. The molecule has 0 spiro atoms. The van der Waals surface area contributed by atoms with Crippen molar-refractivity contribution in [2.45, 2.75) is 13.5 Å². The zero-order valence-corrected chi connectivity index (χ0v) is 16.1. The van der Waals surface area contributed by atoms with Crippen molar-refractivity contribution >= 4 is 34.6 Å². The third kappa shape index (κ3) is 4.52. The fourth-order valence-electron chi connectivity index (χ4n) is 2.74. The summed E-state index contributed by atoms with van der Waals surface area (Å²) in [6, 6.07) is 9.21. The van der Waals surface area contributed by atoms with E-state index in [1.54, 1.807) is 0 Å². The second-order valence-corrected chi connectivity index (χ2v) is 6.22. The standard InChI is InChI=1S/C20H19N3O6/c1-11-4-5-17-15(6-11)16(23-29-17)10-21-20(26)22-14-8-12(18(24)27-2)7-13(9-14)19(25)28-3/h4-9H,10H2,1-3H3,(H2,21,22,26). The van der Waals surface area contributed by atoms with Crippen LogP contribution in [0.4, 0.5) is 10.5 Å². The summed E-state index contributed by atoms with van der Waals surface area (Å²) in [4.78, 5) is 36.0. The first kappa shape index (κ1) is 19.9. The summed E-state index contributed by atoms with van der Waals surface area (Å²) in [6.45, 7) is 2.08. The molecule has 2 amide bonds. The van der Waals surface area contributed by atoms with Gasteiger partial charge in [-0.3, -0.25) is 0 Å². The van der Waals surface area contributed by atoms with Crippen LogP contribution in [0.2, 0.25) is 0 Å². The van der Waals surface area contributed by atoms with Gasteiger partial charge in [-0.1, -0.05) is 16.8 Å². The van der Waals surface area contributed by atoms with E-state index in [0.29, 0.717) is 11.3 Å². The molecule has 150 valence electrons.